The minimum Gasteiger partial charge on any atom is -0.356 e. The van der Waals surface area contributed by atoms with Gasteiger partial charge in [0.1, 0.15) is 5.82 Å². The summed E-state index contributed by atoms with van der Waals surface area (Å²) in [7, 11) is 1.71. The number of guanidine groups is 1. The van der Waals surface area contributed by atoms with Gasteiger partial charge in [0.25, 0.3) is 0 Å². The van der Waals surface area contributed by atoms with Crippen LogP contribution in [0.1, 0.15) is 24.1 Å². The topological polar surface area (TPSA) is 52.6 Å². The average Bonchev–Trinajstić information content (AvgIpc) is 3.30. The van der Waals surface area contributed by atoms with Crippen LogP contribution in [0.25, 0.3) is 0 Å². The van der Waals surface area contributed by atoms with Gasteiger partial charge in [0.15, 0.2) is 11.1 Å². The van der Waals surface area contributed by atoms with Crippen molar-refractivity contribution in [3.05, 3.63) is 46.7 Å². The van der Waals surface area contributed by atoms with Gasteiger partial charge in [-0.25, -0.2) is 9.37 Å². The summed E-state index contributed by atoms with van der Waals surface area (Å²) in [5.41, 5.74) is 1.73. The van der Waals surface area contributed by atoms with Gasteiger partial charge < -0.3 is 15.5 Å². The maximum atomic E-state index is 13.6. The van der Waals surface area contributed by atoms with E-state index in [0.29, 0.717) is 18.1 Å². The van der Waals surface area contributed by atoms with Crippen LogP contribution in [0.2, 0.25) is 0 Å². The molecule has 1 saturated heterocycles. The summed E-state index contributed by atoms with van der Waals surface area (Å²) < 4.78 is 13.6. The highest BCUT2D eigenvalue weighted by atomic mass is 127. The van der Waals surface area contributed by atoms with Crippen LogP contribution in [-0.2, 0) is 13.0 Å². The fraction of sp³-hybridized carbons (Fsp3) is 0.444. The van der Waals surface area contributed by atoms with Crippen LogP contribution in [0.5, 0.6) is 0 Å². The monoisotopic (exact) mass is 489 g/mol. The summed E-state index contributed by atoms with van der Waals surface area (Å²) in [6.45, 7) is 3.39. The second-order valence-corrected chi connectivity index (χ2v) is 6.85. The fourth-order valence-corrected chi connectivity index (χ4v) is 3.73. The third-order valence-corrected chi connectivity index (χ3v) is 5.17. The molecule has 0 aliphatic carbocycles. The lowest BCUT2D eigenvalue weighted by Crippen LogP contribution is -2.38. The summed E-state index contributed by atoms with van der Waals surface area (Å²) in [5.74, 6) is 0.459. The molecular weight excluding hydrogens is 464 g/mol. The van der Waals surface area contributed by atoms with E-state index in [1.54, 1.807) is 30.5 Å². The molecule has 0 unspecified atom stereocenters. The summed E-state index contributed by atoms with van der Waals surface area (Å²) in [6, 6.07) is 6.75. The number of aliphatic imine (C=N–C) groups is 1. The molecule has 1 aliphatic heterocycles. The molecule has 1 aliphatic rings. The van der Waals surface area contributed by atoms with Gasteiger partial charge in [0.05, 0.1) is 5.69 Å². The minimum absolute atomic E-state index is 0. The lowest BCUT2D eigenvalue weighted by atomic mass is 10.2. The van der Waals surface area contributed by atoms with Gasteiger partial charge in [-0.1, -0.05) is 18.2 Å². The van der Waals surface area contributed by atoms with E-state index in [9.17, 15) is 4.39 Å². The van der Waals surface area contributed by atoms with E-state index >= 15 is 0 Å². The number of aromatic nitrogens is 1. The molecular formula is C18H25FIN5S. The van der Waals surface area contributed by atoms with Gasteiger partial charge in [0.2, 0.25) is 0 Å². The van der Waals surface area contributed by atoms with Crippen LogP contribution in [0, 0.1) is 5.82 Å². The normalized spacial score (nSPS) is 14.2. The molecule has 2 aromatic rings. The Morgan fingerprint density at radius 1 is 1.27 bits per heavy atom. The molecule has 1 aromatic carbocycles. The highest BCUT2D eigenvalue weighted by Gasteiger charge is 2.15. The summed E-state index contributed by atoms with van der Waals surface area (Å²) >= 11 is 1.72. The Labute approximate surface area is 175 Å². The van der Waals surface area contributed by atoms with Gasteiger partial charge in [-0.15, -0.1) is 35.3 Å². The van der Waals surface area contributed by atoms with Crippen LogP contribution in [0.3, 0.4) is 0 Å². The molecule has 0 amide bonds. The van der Waals surface area contributed by atoms with Gasteiger partial charge in [-0.2, -0.15) is 0 Å². The molecule has 3 rings (SSSR count). The summed E-state index contributed by atoms with van der Waals surface area (Å²) in [4.78, 5) is 11.3. The molecule has 0 atom stereocenters. The zero-order valence-electron chi connectivity index (χ0n) is 14.9. The van der Waals surface area contributed by atoms with Crippen molar-refractivity contribution in [2.45, 2.75) is 25.8 Å². The number of halogens is 2. The molecule has 1 aromatic heterocycles. The third-order valence-electron chi connectivity index (χ3n) is 4.22. The largest absolute Gasteiger partial charge is 0.356 e. The molecule has 142 valence electrons. The van der Waals surface area contributed by atoms with Crippen LogP contribution in [0.4, 0.5) is 9.52 Å². The van der Waals surface area contributed by atoms with Gasteiger partial charge in [0, 0.05) is 50.6 Å². The van der Waals surface area contributed by atoms with Crippen molar-refractivity contribution >= 4 is 46.4 Å². The van der Waals surface area contributed by atoms with E-state index in [1.807, 2.05) is 6.07 Å². The number of rotatable bonds is 6. The van der Waals surface area contributed by atoms with Gasteiger partial charge in [-0.05, 0) is 18.9 Å². The Balaban J connectivity index is 0.00000243. The average molecular weight is 489 g/mol. The SMILES string of the molecule is CN=C(NCCc1csc(N2CCCC2)n1)NCc1ccccc1F.I. The van der Waals surface area contributed by atoms with E-state index < -0.39 is 0 Å². The van der Waals surface area contributed by atoms with E-state index in [4.69, 9.17) is 4.98 Å². The molecule has 2 heterocycles. The van der Waals surface area contributed by atoms with Crippen molar-refractivity contribution < 1.29 is 4.39 Å². The van der Waals surface area contributed by atoms with Crippen molar-refractivity contribution in [1.82, 2.24) is 15.6 Å². The first kappa shape index (κ1) is 20.9. The maximum Gasteiger partial charge on any atom is 0.191 e. The number of benzene rings is 1. The lowest BCUT2D eigenvalue weighted by molar-refractivity contribution is 0.604. The minimum atomic E-state index is -0.206. The van der Waals surface area contributed by atoms with E-state index in [-0.39, 0.29) is 29.8 Å². The van der Waals surface area contributed by atoms with E-state index in [2.05, 4.69) is 25.9 Å². The number of thiazole rings is 1. The quantitative estimate of drug-likeness (QED) is 0.371. The Morgan fingerprint density at radius 2 is 2.04 bits per heavy atom. The van der Waals surface area contributed by atoms with Crippen molar-refractivity contribution in [3.8, 4) is 0 Å². The molecule has 0 spiro atoms. The lowest BCUT2D eigenvalue weighted by Gasteiger charge is -2.13. The molecule has 1 fully saturated rings. The smallest absolute Gasteiger partial charge is 0.191 e. The number of anilines is 1. The molecule has 2 N–H and O–H groups in total. The first-order chi connectivity index (χ1) is 12.3. The van der Waals surface area contributed by atoms with Crippen molar-refractivity contribution in [2.75, 3.05) is 31.6 Å². The predicted octanol–water partition coefficient (Wildman–Crippen LogP) is 3.41. The first-order valence-electron chi connectivity index (χ1n) is 8.63. The standard InChI is InChI=1S/C18H24FN5S.HI/c1-20-17(22-12-14-6-2-3-7-16(14)19)21-9-8-15-13-25-18(23-15)24-10-4-5-11-24;/h2-3,6-7,13H,4-5,8-12H2,1H3,(H2,20,21,22);1H. The fourth-order valence-electron chi connectivity index (χ4n) is 2.82. The van der Waals surface area contributed by atoms with Gasteiger partial charge >= 0.3 is 0 Å². The Morgan fingerprint density at radius 3 is 2.77 bits per heavy atom. The zero-order chi connectivity index (χ0) is 17.5. The number of hydrogen-bond acceptors (Lipinski definition) is 4. The molecule has 8 heteroatoms. The molecule has 0 radical (unpaired) electrons. The van der Waals surface area contributed by atoms with Crippen LogP contribution >= 0.6 is 35.3 Å². The van der Waals surface area contributed by atoms with Crippen LogP contribution in [-0.4, -0.2) is 37.6 Å². The molecule has 0 saturated carbocycles. The van der Waals surface area contributed by atoms with Crippen LogP contribution in [0.15, 0.2) is 34.6 Å². The van der Waals surface area contributed by atoms with E-state index in [1.165, 1.54) is 18.9 Å². The molecule has 5 nitrogen and oxygen atoms in total. The second-order valence-electron chi connectivity index (χ2n) is 6.01. The highest BCUT2D eigenvalue weighted by Crippen LogP contribution is 2.24. The Kier molecular flexibility index (Phi) is 8.56. The number of nitrogens with zero attached hydrogens (tertiary/aromatic N) is 3. The van der Waals surface area contributed by atoms with Crippen molar-refractivity contribution in [2.24, 2.45) is 4.99 Å². The second kappa shape index (κ2) is 10.7. The summed E-state index contributed by atoms with van der Waals surface area (Å²) in [5, 5.41) is 9.65. The Hall–Kier alpha value is -1.42. The van der Waals surface area contributed by atoms with Crippen LogP contribution < -0.4 is 15.5 Å². The van der Waals surface area contributed by atoms with Crippen molar-refractivity contribution in [3.63, 3.8) is 0 Å². The molecule has 0 bridgehead atoms. The molecule has 26 heavy (non-hydrogen) atoms. The predicted molar refractivity (Wildman–Crippen MR) is 117 cm³/mol. The first-order valence-corrected chi connectivity index (χ1v) is 9.51. The summed E-state index contributed by atoms with van der Waals surface area (Å²) in [6.07, 6.45) is 3.37. The van der Waals surface area contributed by atoms with Gasteiger partial charge in [-0.3, -0.25) is 4.99 Å². The zero-order valence-corrected chi connectivity index (χ0v) is 18.0. The number of hydrogen-bond donors (Lipinski definition) is 2. The van der Waals surface area contributed by atoms with E-state index in [0.717, 1.165) is 36.9 Å². The van der Waals surface area contributed by atoms with Crippen molar-refractivity contribution in [1.29, 1.82) is 0 Å². The Bertz CT molecular complexity index is 715. The maximum absolute atomic E-state index is 13.6. The number of nitrogens with one attached hydrogen (secondary N) is 2. The highest BCUT2D eigenvalue weighted by molar-refractivity contribution is 14.0. The third kappa shape index (κ3) is 5.80.